The van der Waals surface area contributed by atoms with E-state index in [0.717, 1.165) is 19.4 Å². The maximum absolute atomic E-state index is 5.83. The average Bonchev–Trinajstić information content (AvgIpc) is 2.29. The van der Waals surface area contributed by atoms with Crippen molar-refractivity contribution in [2.45, 2.75) is 45.1 Å². The number of aromatic nitrogens is 3. The molecule has 17 heavy (non-hydrogen) atoms. The highest BCUT2D eigenvalue weighted by molar-refractivity contribution is 6.28. The molecule has 94 valence electrons. The fourth-order valence-corrected chi connectivity index (χ4v) is 2.54. The Balaban J connectivity index is 2.22. The van der Waals surface area contributed by atoms with Crippen molar-refractivity contribution in [3.63, 3.8) is 0 Å². The van der Waals surface area contributed by atoms with Crippen molar-refractivity contribution in [2.24, 2.45) is 0 Å². The molecule has 5 nitrogen and oxygen atoms in total. The van der Waals surface area contributed by atoms with Crippen molar-refractivity contribution in [1.29, 1.82) is 0 Å². The fraction of sp³-hybridized carbons (Fsp3) is 0.727. The Morgan fingerprint density at radius 3 is 2.88 bits per heavy atom. The second-order valence-electron chi connectivity index (χ2n) is 4.39. The Labute approximate surface area is 106 Å². The second kappa shape index (κ2) is 5.49. The van der Waals surface area contributed by atoms with Gasteiger partial charge >= 0.3 is 0 Å². The number of hydrogen-bond acceptors (Lipinski definition) is 5. The Bertz CT molecular complexity index is 362. The van der Waals surface area contributed by atoms with E-state index in [1.54, 1.807) is 0 Å². The van der Waals surface area contributed by atoms with Gasteiger partial charge in [-0.05, 0) is 37.3 Å². The van der Waals surface area contributed by atoms with Crippen molar-refractivity contribution in [1.82, 2.24) is 15.0 Å². The lowest BCUT2D eigenvalue weighted by Crippen LogP contribution is -2.40. The third kappa shape index (κ3) is 2.97. The number of nitrogens with two attached hydrogens (primary N) is 1. The van der Waals surface area contributed by atoms with Crippen LogP contribution in [0.1, 0.15) is 39.0 Å². The van der Waals surface area contributed by atoms with Gasteiger partial charge in [0.05, 0.1) is 0 Å². The minimum Gasteiger partial charge on any atom is -0.368 e. The lowest BCUT2D eigenvalue weighted by atomic mass is 9.99. The van der Waals surface area contributed by atoms with Gasteiger partial charge < -0.3 is 10.6 Å². The third-order valence-electron chi connectivity index (χ3n) is 3.12. The van der Waals surface area contributed by atoms with Gasteiger partial charge in [-0.25, -0.2) is 0 Å². The Hall–Kier alpha value is -1.10. The summed E-state index contributed by atoms with van der Waals surface area (Å²) in [4.78, 5) is 14.4. The van der Waals surface area contributed by atoms with E-state index in [1.807, 2.05) is 0 Å². The second-order valence-corrected chi connectivity index (χ2v) is 4.73. The molecule has 0 bridgehead atoms. The molecule has 1 aliphatic rings. The number of piperidine rings is 1. The molecule has 0 radical (unpaired) electrons. The first-order valence-electron chi connectivity index (χ1n) is 6.14. The molecule has 1 atom stereocenters. The van der Waals surface area contributed by atoms with Gasteiger partial charge in [-0.15, -0.1) is 0 Å². The summed E-state index contributed by atoms with van der Waals surface area (Å²) in [5.41, 5.74) is 5.61. The number of halogens is 1. The summed E-state index contributed by atoms with van der Waals surface area (Å²) < 4.78 is 0. The molecule has 1 aromatic heterocycles. The van der Waals surface area contributed by atoms with Gasteiger partial charge in [0.15, 0.2) is 0 Å². The highest BCUT2D eigenvalue weighted by atomic mass is 35.5. The minimum atomic E-state index is 0.174. The van der Waals surface area contributed by atoms with Crippen LogP contribution in [-0.2, 0) is 0 Å². The Kier molecular flexibility index (Phi) is 3.99. The normalized spacial score (nSPS) is 20.6. The first-order valence-corrected chi connectivity index (χ1v) is 6.52. The van der Waals surface area contributed by atoms with E-state index < -0.39 is 0 Å². The van der Waals surface area contributed by atoms with Crippen LogP contribution in [0.4, 0.5) is 11.9 Å². The summed E-state index contributed by atoms with van der Waals surface area (Å²) in [7, 11) is 0. The minimum absolute atomic E-state index is 0.174. The van der Waals surface area contributed by atoms with Crippen LogP contribution in [0, 0.1) is 0 Å². The highest BCUT2D eigenvalue weighted by Crippen LogP contribution is 2.25. The lowest BCUT2D eigenvalue weighted by molar-refractivity contribution is 0.428. The molecule has 0 aromatic carbocycles. The molecule has 0 saturated carbocycles. The van der Waals surface area contributed by atoms with Crippen LogP contribution in [0.5, 0.6) is 0 Å². The van der Waals surface area contributed by atoms with E-state index >= 15 is 0 Å². The van der Waals surface area contributed by atoms with Gasteiger partial charge in [-0.2, -0.15) is 15.0 Å². The third-order valence-corrected chi connectivity index (χ3v) is 3.29. The molecule has 0 aliphatic carbocycles. The van der Waals surface area contributed by atoms with Crippen LogP contribution in [0.2, 0.25) is 5.28 Å². The predicted molar refractivity (Wildman–Crippen MR) is 69.1 cm³/mol. The zero-order valence-corrected chi connectivity index (χ0v) is 10.8. The van der Waals surface area contributed by atoms with E-state index in [2.05, 4.69) is 26.8 Å². The first kappa shape index (κ1) is 12.4. The summed E-state index contributed by atoms with van der Waals surface area (Å²) in [6.45, 7) is 3.17. The van der Waals surface area contributed by atoms with E-state index in [0.29, 0.717) is 12.0 Å². The van der Waals surface area contributed by atoms with Crippen molar-refractivity contribution in [2.75, 3.05) is 17.2 Å². The van der Waals surface area contributed by atoms with Gasteiger partial charge in [0.1, 0.15) is 0 Å². The largest absolute Gasteiger partial charge is 0.368 e. The molecule has 0 amide bonds. The number of nitrogen functional groups attached to an aromatic ring is 1. The van der Waals surface area contributed by atoms with Gasteiger partial charge in [0, 0.05) is 12.6 Å². The van der Waals surface area contributed by atoms with E-state index in [1.165, 1.54) is 19.3 Å². The molecule has 6 heteroatoms. The molecular weight excluding hydrogens is 238 g/mol. The van der Waals surface area contributed by atoms with E-state index in [9.17, 15) is 0 Å². The zero-order chi connectivity index (χ0) is 12.3. The summed E-state index contributed by atoms with van der Waals surface area (Å²) >= 11 is 5.83. The smallest absolute Gasteiger partial charge is 0.231 e. The highest BCUT2D eigenvalue weighted by Gasteiger charge is 2.24. The molecule has 1 saturated heterocycles. The van der Waals surface area contributed by atoms with Crippen LogP contribution in [0.25, 0.3) is 0 Å². The quantitative estimate of drug-likeness (QED) is 0.897. The lowest BCUT2D eigenvalue weighted by Gasteiger charge is -2.35. The molecule has 0 spiro atoms. The van der Waals surface area contributed by atoms with Gasteiger partial charge in [0.25, 0.3) is 0 Å². The van der Waals surface area contributed by atoms with Gasteiger partial charge in [0.2, 0.25) is 17.2 Å². The van der Waals surface area contributed by atoms with Gasteiger partial charge in [-0.3, -0.25) is 0 Å². The topological polar surface area (TPSA) is 67.9 Å². The standard InChI is InChI=1S/C11H18ClN5/c1-2-5-8-6-3-4-7-17(8)11-15-9(12)14-10(13)16-11/h8H,2-7H2,1H3,(H2,13,14,15,16). The van der Waals surface area contributed by atoms with Crippen LogP contribution >= 0.6 is 11.6 Å². The van der Waals surface area contributed by atoms with Crippen molar-refractivity contribution >= 4 is 23.5 Å². The molecule has 1 aromatic rings. The summed E-state index contributed by atoms with van der Waals surface area (Å²) in [5.74, 6) is 0.821. The number of rotatable bonds is 3. The van der Waals surface area contributed by atoms with Crippen LogP contribution in [0.15, 0.2) is 0 Å². The molecule has 1 fully saturated rings. The number of nitrogens with zero attached hydrogens (tertiary/aromatic N) is 4. The van der Waals surface area contributed by atoms with Crippen molar-refractivity contribution in [3.05, 3.63) is 5.28 Å². The average molecular weight is 256 g/mol. The summed E-state index contributed by atoms with van der Waals surface area (Å²) in [5, 5.41) is 0.174. The Morgan fingerprint density at radius 1 is 1.35 bits per heavy atom. The SMILES string of the molecule is CCCC1CCCCN1c1nc(N)nc(Cl)n1. The Morgan fingerprint density at radius 2 is 2.18 bits per heavy atom. The molecule has 2 heterocycles. The van der Waals surface area contributed by atoms with Crippen LogP contribution in [-0.4, -0.2) is 27.5 Å². The summed E-state index contributed by atoms with van der Waals surface area (Å²) in [6, 6.07) is 0.506. The summed E-state index contributed by atoms with van der Waals surface area (Å²) in [6.07, 6.45) is 5.95. The van der Waals surface area contributed by atoms with Crippen LogP contribution < -0.4 is 10.6 Å². The van der Waals surface area contributed by atoms with Gasteiger partial charge in [-0.1, -0.05) is 13.3 Å². The monoisotopic (exact) mass is 255 g/mol. The van der Waals surface area contributed by atoms with E-state index in [-0.39, 0.29) is 11.2 Å². The fourth-order valence-electron chi connectivity index (χ4n) is 2.38. The molecule has 1 unspecified atom stereocenters. The first-order chi connectivity index (χ1) is 8.20. The maximum Gasteiger partial charge on any atom is 0.231 e. The number of hydrogen-bond donors (Lipinski definition) is 1. The number of anilines is 2. The predicted octanol–water partition coefficient (Wildman–Crippen LogP) is 2.27. The zero-order valence-electron chi connectivity index (χ0n) is 10.1. The molecule has 2 N–H and O–H groups in total. The van der Waals surface area contributed by atoms with E-state index in [4.69, 9.17) is 17.3 Å². The van der Waals surface area contributed by atoms with Crippen molar-refractivity contribution < 1.29 is 0 Å². The molecule has 2 rings (SSSR count). The maximum atomic E-state index is 5.83. The molecule has 1 aliphatic heterocycles. The molecular formula is C11H18ClN5. The van der Waals surface area contributed by atoms with Crippen molar-refractivity contribution in [3.8, 4) is 0 Å². The van der Waals surface area contributed by atoms with Crippen LogP contribution in [0.3, 0.4) is 0 Å².